The van der Waals surface area contributed by atoms with E-state index < -0.39 is 0 Å². The van der Waals surface area contributed by atoms with Crippen LogP contribution >= 0.6 is 0 Å². The number of carbonyl (C=O) groups excluding carboxylic acids is 2. The SMILES string of the molecule is CCOc1ccccc1OCC(=O)NC1CCN(C(=O)Cc2ccc(OC)cc2)CC1. The normalized spacial score (nSPS) is 14.1. The molecule has 3 rings (SSSR count). The molecule has 1 N–H and O–H groups in total. The third-order valence-corrected chi connectivity index (χ3v) is 5.23. The van der Waals surface area contributed by atoms with Crippen molar-refractivity contribution >= 4 is 11.8 Å². The molecule has 0 atom stereocenters. The number of carbonyl (C=O) groups is 2. The number of benzene rings is 2. The highest BCUT2D eigenvalue weighted by molar-refractivity contribution is 5.79. The lowest BCUT2D eigenvalue weighted by Gasteiger charge is -2.32. The molecule has 0 saturated carbocycles. The Balaban J connectivity index is 1.40. The fraction of sp³-hybridized carbons (Fsp3) is 0.417. The Labute approximate surface area is 183 Å². The van der Waals surface area contributed by atoms with Gasteiger partial charge in [0.2, 0.25) is 5.91 Å². The summed E-state index contributed by atoms with van der Waals surface area (Å²) in [7, 11) is 1.62. The number of para-hydroxylation sites is 2. The third kappa shape index (κ3) is 6.64. The number of hydrogen-bond donors (Lipinski definition) is 1. The van der Waals surface area contributed by atoms with Crippen molar-refractivity contribution in [3.8, 4) is 17.2 Å². The van der Waals surface area contributed by atoms with Crippen molar-refractivity contribution in [3.63, 3.8) is 0 Å². The number of rotatable bonds is 9. The predicted molar refractivity (Wildman–Crippen MR) is 118 cm³/mol. The van der Waals surface area contributed by atoms with Crippen molar-refractivity contribution in [1.82, 2.24) is 10.2 Å². The van der Waals surface area contributed by atoms with Crippen LogP contribution in [0.25, 0.3) is 0 Å². The molecule has 0 spiro atoms. The first-order valence-electron chi connectivity index (χ1n) is 10.6. The monoisotopic (exact) mass is 426 g/mol. The molecule has 0 aliphatic carbocycles. The van der Waals surface area contributed by atoms with Gasteiger partial charge < -0.3 is 24.4 Å². The molecular weight excluding hydrogens is 396 g/mol. The van der Waals surface area contributed by atoms with E-state index in [-0.39, 0.29) is 24.5 Å². The number of ether oxygens (including phenoxy) is 3. The first-order chi connectivity index (χ1) is 15.1. The van der Waals surface area contributed by atoms with Crippen LogP contribution in [0.5, 0.6) is 17.2 Å². The highest BCUT2D eigenvalue weighted by atomic mass is 16.5. The van der Waals surface area contributed by atoms with E-state index in [1.165, 1.54) is 0 Å². The highest BCUT2D eigenvalue weighted by Gasteiger charge is 2.24. The molecule has 1 fully saturated rings. The summed E-state index contributed by atoms with van der Waals surface area (Å²) in [6, 6.07) is 14.9. The Bertz CT molecular complexity index is 861. The average molecular weight is 427 g/mol. The maximum Gasteiger partial charge on any atom is 0.258 e. The molecule has 166 valence electrons. The van der Waals surface area contributed by atoms with Gasteiger partial charge >= 0.3 is 0 Å². The van der Waals surface area contributed by atoms with Crippen molar-refractivity contribution < 1.29 is 23.8 Å². The molecule has 1 aliphatic rings. The van der Waals surface area contributed by atoms with Gasteiger partial charge in [-0.15, -0.1) is 0 Å². The Kier molecular flexibility index (Phi) is 8.15. The number of piperidine rings is 1. The number of likely N-dealkylation sites (tertiary alicyclic amines) is 1. The molecule has 2 amide bonds. The van der Waals surface area contributed by atoms with Gasteiger partial charge in [-0.25, -0.2) is 0 Å². The minimum absolute atomic E-state index is 0.0447. The van der Waals surface area contributed by atoms with Gasteiger partial charge in [0.25, 0.3) is 5.91 Å². The maximum absolute atomic E-state index is 12.6. The molecule has 31 heavy (non-hydrogen) atoms. The molecule has 7 nitrogen and oxygen atoms in total. The lowest BCUT2D eigenvalue weighted by Crippen LogP contribution is -2.47. The van der Waals surface area contributed by atoms with Crippen LogP contribution in [0, 0.1) is 0 Å². The summed E-state index contributed by atoms with van der Waals surface area (Å²) in [5, 5.41) is 3.01. The predicted octanol–water partition coefficient (Wildman–Crippen LogP) is 2.82. The summed E-state index contributed by atoms with van der Waals surface area (Å²) in [6.07, 6.45) is 1.83. The van der Waals surface area contributed by atoms with Gasteiger partial charge in [0.1, 0.15) is 5.75 Å². The molecule has 1 saturated heterocycles. The van der Waals surface area contributed by atoms with Crippen molar-refractivity contribution in [3.05, 3.63) is 54.1 Å². The third-order valence-electron chi connectivity index (χ3n) is 5.23. The highest BCUT2D eigenvalue weighted by Crippen LogP contribution is 2.26. The lowest BCUT2D eigenvalue weighted by molar-refractivity contribution is -0.131. The smallest absolute Gasteiger partial charge is 0.258 e. The van der Waals surface area contributed by atoms with Crippen LogP contribution in [0.1, 0.15) is 25.3 Å². The molecule has 0 unspecified atom stereocenters. The van der Waals surface area contributed by atoms with Gasteiger partial charge in [0.15, 0.2) is 18.1 Å². The van der Waals surface area contributed by atoms with Crippen molar-refractivity contribution in [2.24, 2.45) is 0 Å². The molecule has 7 heteroatoms. The van der Waals surface area contributed by atoms with E-state index in [0.717, 1.165) is 24.2 Å². The van der Waals surface area contributed by atoms with Crippen LogP contribution in [0.2, 0.25) is 0 Å². The molecule has 0 bridgehead atoms. The van der Waals surface area contributed by atoms with Gasteiger partial charge in [-0.05, 0) is 49.6 Å². The maximum atomic E-state index is 12.6. The van der Waals surface area contributed by atoms with E-state index >= 15 is 0 Å². The second-order valence-corrected chi connectivity index (χ2v) is 7.42. The minimum Gasteiger partial charge on any atom is -0.497 e. The zero-order chi connectivity index (χ0) is 22.1. The summed E-state index contributed by atoms with van der Waals surface area (Å²) >= 11 is 0. The minimum atomic E-state index is -0.172. The summed E-state index contributed by atoms with van der Waals surface area (Å²) in [6.45, 7) is 3.63. The molecular formula is C24H30N2O5. The van der Waals surface area contributed by atoms with Crippen molar-refractivity contribution in [2.75, 3.05) is 33.4 Å². The molecule has 0 aromatic heterocycles. The summed E-state index contributed by atoms with van der Waals surface area (Å²) in [5.41, 5.74) is 0.964. The topological polar surface area (TPSA) is 77.1 Å². The van der Waals surface area contributed by atoms with Crippen LogP contribution < -0.4 is 19.5 Å². The number of methoxy groups -OCH3 is 1. The van der Waals surface area contributed by atoms with E-state index in [0.29, 0.717) is 37.6 Å². The Hall–Kier alpha value is -3.22. The first kappa shape index (κ1) is 22.5. The second kappa shape index (κ2) is 11.2. The molecule has 2 aromatic rings. The number of amides is 2. The lowest BCUT2D eigenvalue weighted by atomic mass is 10.0. The van der Waals surface area contributed by atoms with Gasteiger partial charge in [0.05, 0.1) is 20.1 Å². The van der Waals surface area contributed by atoms with E-state index in [1.54, 1.807) is 13.2 Å². The summed E-state index contributed by atoms with van der Waals surface area (Å²) in [4.78, 5) is 26.7. The zero-order valence-corrected chi connectivity index (χ0v) is 18.1. The quantitative estimate of drug-likeness (QED) is 0.667. The Morgan fingerprint density at radius 1 is 1.00 bits per heavy atom. The van der Waals surface area contributed by atoms with Crippen molar-refractivity contribution in [2.45, 2.75) is 32.2 Å². The van der Waals surface area contributed by atoms with Crippen LogP contribution in [-0.4, -0.2) is 56.2 Å². The molecule has 1 aliphatic heterocycles. The number of hydrogen-bond acceptors (Lipinski definition) is 5. The molecule has 1 heterocycles. The summed E-state index contributed by atoms with van der Waals surface area (Å²) in [5.74, 6) is 1.89. The van der Waals surface area contributed by atoms with Crippen LogP contribution in [0.4, 0.5) is 0 Å². The van der Waals surface area contributed by atoms with E-state index in [1.807, 2.05) is 54.3 Å². The van der Waals surface area contributed by atoms with E-state index in [4.69, 9.17) is 14.2 Å². The summed E-state index contributed by atoms with van der Waals surface area (Å²) < 4.78 is 16.3. The number of nitrogens with zero attached hydrogens (tertiary/aromatic N) is 1. The second-order valence-electron chi connectivity index (χ2n) is 7.42. The zero-order valence-electron chi connectivity index (χ0n) is 18.1. The Morgan fingerprint density at radius 3 is 2.26 bits per heavy atom. The van der Waals surface area contributed by atoms with Gasteiger partial charge in [-0.2, -0.15) is 0 Å². The molecule has 2 aromatic carbocycles. The first-order valence-corrected chi connectivity index (χ1v) is 10.6. The van der Waals surface area contributed by atoms with Crippen LogP contribution in [0.3, 0.4) is 0 Å². The largest absolute Gasteiger partial charge is 0.497 e. The number of nitrogens with one attached hydrogen (secondary N) is 1. The van der Waals surface area contributed by atoms with Crippen LogP contribution in [-0.2, 0) is 16.0 Å². The van der Waals surface area contributed by atoms with Crippen molar-refractivity contribution in [1.29, 1.82) is 0 Å². The fourth-order valence-electron chi connectivity index (χ4n) is 3.56. The van der Waals surface area contributed by atoms with Gasteiger partial charge in [-0.3, -0.25) is 9.59 Å². The van der Waals surface area contributed by atoms with E-state index in [9.17, 15) is 9.59 Å². The molecule has 0 radical (unpaired) electrons. The van der Waals surface area contributed by atoms with Gasteiger partial charge in [-0.1, -0.05) is 24.3 Å². The van der Waals surface area contributed by atoms with E-state index in [2.05, 4.69) is 5.32 Å². The Morgan fingerprint density at radius 2 is 1.65 bits per heavy atom. The van der Waals surface area contributed by atoms with Gasteiger partial charge in [0, 0.05) is 19.1 Å². The standard InChI is InChI=1S/C24H30N2O5/c1-3-30-21-6-4-5-7-22(21)31-17-23(27)25-19-12-14-26(15-13-19)24(28)16-18-8-10-20(29-2)11-9-18/h4-11,19H,3,12-17H2,1-2H3,(H,25,27). The fourth-order valence-corrected chi connectivity index (χ4v) is 3.56. The van der Waals surface area contributed by atoms with Crippen LogP contribution in [0.15, 0.2) is 48.5 Å². The average Bonchev–Trinajstić information content (AvgIpc) is 2.79.